The van der Waals surface area contributed by atoms with Crippen molar-refractivity contribution in [2.24, 2.45) is 5.73 Å². The highest BCUT2D eigenvalue weighted by Gasteiger charge is 2.53. The van der Waals surface area contributed by atoms with E-state index >= 15 is 0 Å². The summed E-state index contributed by atoms with van der Waals surface area (Å²) in [7, 11) is 0. The highest BCUT2D eigenvalue weighted by atomic mass is 32.2. The summed E-state index contributed by atoms with van der Waals surface area (Å²) in [5.74, 6) is -2.91. The molecule has 27 heavy (non-hydrogen) atoms. The number of rotatable bonds is 6. The van der Waals surface area contributed by atoms with Gasteiger partial charge in [0.25, 0.3) is 0 Å². The fourth-order valence-corrected chi connectivity index (χ4v) is 3.03. The highest BCUT2D eigenvalue weighted by molar-refractivity contribution is 8.13. The van der Waals surface area contributed by atoms with E-state index in [1.165, 1.54) is 0 Å². The Morgan fingerprint density at radius 2 is 1.30 bits per heavy atom. The number of hydrogen-bond acceptors (Lipinski definition) is 11. The molecule has 0 spiro atoms. The number of carbonyl (C=O) groups excluding carboxylic acids is 4. The zero-order chi connectivity index (χ0) is 20.7. The molecule has 11 nitrogen and oxygen atoms in total. The van der Waals surface area contributed by atoms with Crippen LogP contribution in [0.3, 0.4) is 0 Å². The zero-order valence-electron chi connectivity index (χ0n) is 15.3. The molecule has 1 saturated heterocycles. The Morgan fingerprint density at radius 1 is 0.852 bits per heavy atom. The summed E-state index contributed by atoms with van der Waals surface area (Å²) < 4.78 is 26.2. The summed E-state index contributed by atoms with van der Waals surface area (Å²) in [6, 6.07) is 0. The molecular weight excluding hydrogens is 384 g/mol. The van der Waals surface area contributed by atoms with Crippen molar-refractivity contribution in [1.82, 2.24) is 0 Å². The topological polar surface area (TPSA) is 164 Å². The minimum absolute atomic E-state index is 0.0234. The van der Waals surface area contributed by atoms with E-state index in [0.717, 1.165) is 39.5 Å². The van der Waals surface area contributed by atoms with Gasteiger partial charge in [0.2, 0.25) is 12.4 Å². The Bertz CT molecular complexity index is 612. The van der Waals surface area contributed by atoms with E-state index in [2.05, 4.69) is 0 Å². The number of nitrogens with one attached hydrogen (secondary N) is 1. The van der Waals surface area contributed by atoms with Crippen LogP contribution in [-0.4, -0.2) is 65.5 Å². The molecule has 0 aromatic heterocycles. The van der Waals surface area contributed by atoms with E-state index in [1.807, 2.05) is 0 Å². The molecule has 3 N–H and O–H groups in total. The minimum atomic E-state index is -1.42. The lowest BCUT2D eigenvalue weighted by molar-refractivity contribution is -0.291. The molecule has 0 unspecified atom stereocenters. The van der Waals surface area contributed by atoms with Gasteiger partial charge in [0.15, 0.2) is 17.4 Å². The summed E-state index contributed by atoms with van der Waals surface area (Å²) in [4.78, 5) is 46.0. The SMILES string of the molecule is CC(=O)O[C@H]1O[C@@H](CSC(=N)N)[C@H](OC(C)=O)[C@@H](OC(C)=O)[C@H]1OC(C)=O. The first kappa shape index (κ1) is 22.7. The van der Waals surface area contributed by atoms with E-state index in [-0.39, 0.29) is 10.9 Å². The number of thioether (sulfide) groups is 1. The fourth-order valence-electron chi connectivity index (χ4n) is 2.42. The molecule has 152 valence electrons. The Balaban J connectivity index is 3.29. The molecule has 0 saturated carbocycles. The van der Waals surface area contributed by atoms with Crippen molar-refractivity contribution in [1.29, 1.82) is 5.41 Å². The standard InChI is InChI=1S/C15H22N2O9S/c1-6(18)22-11-10(5-27-15(16)17)26-14(25-9(4)21)13(24-8(3)20)12(11)23-7(2)19/h10-14H,5H2,1-4H3,(H3,16,17)/t10-,11-,12+,13+,14-/m0/s1. The van der Waals surface area contributed by atoms with E-state index in [9.17, 15) is 19.2 Å². The van der Waals surface area contributed by atoms with Gasteiger partial charge < -0.3 is 29.4 Å². The Kier molecular flexibility index (Phi) is 8.50. The smallest absolute Gasteiger partial charge is 0.305 e. The summed E-state index contributed by atoms with van der Waals surface area (Å²) >= 11 is 0.882. The van der Waals surface area contributed by atoms with E-state index in [0.29, 0.717) is 0 Å². The second-order valence-electron chi connectivity index (χ2n) is 5.55. The number of hydrogen-bond donors (Lipinski definition) is 2. The first-order chi connectivity index (χ1) is 12.5. The van der Waals surface area contributed by atoms with Gasteiger partial charge in [0.05, 0.1) is 0 Å². The molecule has 1 aliphatic heterocycles. The van der Waals surface area contributed by atoms with Crippen molar-refractivity contribution < 1.29 is 42.9 Å². The van der Waals surface area contributed by atoms with Crippen molar-refractivity contribution in [3.63, 3.8) is 0 Å². The number of nitrogens with two attached hydrogens (primary N) is 1. The average molecular weight is 406 g/mol. The van der Waals surface area contributed by atoms with E-state index < -0.39 is 54.6 Å². The molecule has 1 fully saturated rings. The molecule has 0 radical (unpaired) electrons. The maximum Gasteiger partial charge on any atom is 0.305 e. The van der Waals surface area contributed by atoms with Crippen molar-refractivity contribution in [3.8, 4) is 0 Å². The summed E-state index contributed by atoms with van der Waals surface area (Å²) in [6.45, 7) is 4.48. The predicted molar refractivity (Wildman–Crippen MR) is 91.5 cm³/mol. The van der Waals surface area contributed by atoms with Crippen LogP contribution in [0.15, 0.2) is 0 Å². The van der Waals surface area contributed by atoms with Gasteiger partial charge in [0.1, 0.15) is 6.10 Å². The van der Waals surface area contributed by atoms with Crippen molar-refractivity contribution in [2.75, 3.05) is 5.75 Å². The minimum Gasteiger partial charge on any atom is -0.456 e. The van der Waals surface area contributed by atoms with Crippen LogP contribution in [-0.2, 0) is 42.9 Å². The quantitative estimate of drug-likeness (QED) is 0.257. The van der Waals surface area contributed by atoms with Crippen molar-refractivity contribution in [2.45, 2.75) is 58.4 Å². The van der Waals surface area contributed by atoms with Gasteiger partial charge >= 0.3 is 23.9 Å². The third kappa shape index (κ3) is 7.43. The average Bonchev–Trinajstić information content (AvgIpc) is 2.49. The first-order valence-electron chi connectivity index (χ1n) is 7.82. The molecule has 0 aromatic carbocycles. The van der Waals surface area contributed by atoms with E-state index in [4.69, 9.17) is 34.8 Å². The van der Waals surface area contributed by atoms with Gasteiger partial charge in [-0.2, -0.15) is 0 Å². The third-order valence-corrected chi connectivity index (χ3v) is 3.99. The lowest BCUT2D eigenvalue weighted by Gasteiger charge is -2.43. The molecule has 1 rings (SSSR count). The second-order valence-corrected chi connectivity index (χ2v) is 6.61. The van der Waals surface area contributed by atoms with Crippen molar-refractivity contribution in [3.05, 3.63) is 0 Å². The van der Waals surface area contributed by atoms with E-state index in [1.54, 1.807) is 0 Å². The van der Waals surface area contributed by atoms with Crippen molar-refractivity contribution >= 4 is 40.8 Å². The van der Waals surface area contributed by atoms with Gasteiger partial charge in [0, 0.05) is 33.4 Å². The maximum atomic E-state index is 11.6. The number of esters is 4. The van der Waals surface area contributed by atoms with Crippen LogP contribution in [0, 0.1) is 5.41 Å². The first-order valence-corrected chi connectivity index (χ1v) is 8.81. The van der Waals surface area contributed by atoms with Crippen LogP contribution >= 0.6 is 11.8 Å². The number of carbonyl (C=O) groups is 4. The highest BCUT2D eigenvalue weighted by Crippen LogP contribution is 2.31. The number of ether oxygens (including phenoxy) is 5. The molecule has 0 aromatic rings. The number of amidine groups is 1. The van der Waals surface area contributed by atoms with Gasteiger partial charge in [-0.15, -0.1) is 0 Å². The molecule has 5 atom stereocenters. The van der Waals surface area contributed by atoms with Crippen LogP contribution in [0.4, 0.5) is 0 Å². The Labute approximate surface area is 159 Å². The van der Waals surface area contributed by atoms with Crippen LogP contribution in [0.25, 0.3) is 0 Å². The van der Waals surface area contributed by atoms with Crippen LogP contribution in [0.5, 0.6) is 0 Å². The molecule has 1 heterocycles. The van der Waals surface area contributed by atoms with Gasteiger partial charge in [-0.25, -0.2) is 0 Å². The lowest BCUT2D eigenvalue weighted by atomic mass is 9.98. The Morgan fingerprint density at radius 3 is 1.74 bits per heavy atom. The normalized spacial score (nSPS) is 27.2. The third-order valence-electron chi connectivity index (χ3n) is 3.18. The van der Waals surface area contributed by atoms with Gasteiger partial charge in [-0.1, -0.05) is 11.8 Å². The summed E-state index contributed by atoms with van der Waals surface area (Å²) in [5.41, 5.74) is 5.32. The van der Waals surface area contributed by atoms with Crippen LogP contribution < -0.4 is 5.73 Å². The Hall–Kier alpha value is -2.34. The predicted octanol–water partition coefficient (Wildman–Crippen LogP) is -0.304. The van der Waals surface area contributed by atoms with Crippen LogP contribution in [0.2, 0.25) is 0 Å². The zero-order valence-corrected chi connectivity index (χ0v) is 16.1. The lowest BCUT2D eigenvalue weighted by Crippen LogP contribution is -2.62. The van der Waals surface area contributed by atoms with Gasteiger partial charge in [-0.05, 0) is 0 Å². The summed E-state index contributed by atoms with van der Waals surface area (Å²) in [6.07, 6.45) is -6.23. The maximum absolute atomic E-state index is 11.6. The fraction of sp³-hybridized carbons (Fsp3) is 0.667. The molecule has 12 heteroatoms. The molecular formula is C15H22N2O9S. The van der Waals surface area contributed by atoms with Gasteiger partial charge in [-0.3, -0.25) is 24.6 Å². The monoisotopic (exact) mass is 406 g/mol. The molecule has 0 amide bonds. The largest absolute Gasteiger partial charge is 0.456 e. The molecule has 1 aliphatic rings. The summed E-state index contributed by atoms with van der Waals surface area (Å²) in [5, 5.41) is 7.09. The van der Waals surface area contributed by atoms with Crippen LogP contribution in [0.1, 0.15) is 27.7 Å². The molecule has 0 aliphatic carbocycles. The second kappa shape index (κ2) is 10.1. The molecule has 0 bridgehead atoms.